The second kappa shape index (κ2) is 20.6. The van der Waals surface area contributed by atoms with Crippen LogP contribution in [0.25, 0.3) is 11.0 Å². The van der Waals surface area contributed by atoms with Crippen molar-refractivity contribution in [1.29, 1.82) is 0 Å². The average Bonchev–Trinajstić information content (AvgIpc) is 3.56. The molecule has 3 N–H and O–H groups in total. The second-order valence-corrected chi connectivity index (χ2v) is 12.8. The molecule has 3 amide bonds. The van der Waals surface area contributed by atoms with Crippen LogP contribution in [0.4, 0.5) is 17.3 Å². The molecule has 0 unspecified atom stereocenters. The molecule has 0 aliphatic carbocycles. The molecule has 1 aromatic heterocycles. The number of hydrogen-bond acceptors (Lipinski definition) is 9. The third-order valence-electron chi connectivity index (χ3n) is 8.98. The summed E-state index contributed by atoms with van der Waals surface area (Å²) >= 11 is 0. The number of carbonyl (C=O) groups is 3. The van der Waals surface area contributed by atoms with E-state index in [0.29, 0.717) is 60.3 Å². The van der Waals surface area contributed by atoms with Crippen molar-refractivity contribution in [3.63, 3.8) is 0 Å². The number of nitrogens with one attached hydrogen (secondary N) is 3. The molecule has 4 aromatic rings. The Morgan fingerprint density at radius 3 is 2.43 bits per heavy atom. The van der Waals surface area contributed by atoms with Gasteiger partial charge in [-0.25, -0.2) is 4.98 Å². The number of unbranched alkanes of at least 4 members (excludes halogenated alkanes) is 2. The Balaban J connectivity index is 0.00000378. The number of ether oxygens (including phenoxy) is 3. The summed E-state index contributed by atoms with van der Waals surface area (Å²) in [6.07, 6.45) is 3.03. The summed E-state index contributed by atoms with van der Waals surface area (Å²) in [5, 5.41) is 6.09. The Morgan fingerprint density at radius 2 is 1.70 bits per heavy atom. The molecule has 13 nitrogen and oxygen atoms in total. The molecule has 2 heterocycles. The monoisotopic (exact) mass is 771 g/mol. The first-order valence-corrected chi connectivity index (χ1v) is 17.4. The molecule has 1 aliphatic heterocycles. The van der Waals surface area contributed by atoms with Crippen LogP contribution in [0.5, 0.6) is 11.5 Å². The SMILES string of the molecule is COCCNc1nc2c(NC(=O)c3ccc(C(=O)N(C)c4ccc(C)cc4OCCCCCC(=O)N4CCN(C)CC4)cc3OC)cccc2[nH]1.Cl.Cl. The van der Waals surface area contributed by atoms with Crippen molar-refractivity contribution >= 4 is 70.9 Å². The van der Waals surface area contributed by atoms with Gasteiger partial charge in [0.25, 0.3) is 11.8 Å². The number of benzene rings is 3. The van der Waals surface area contributed by atoms with E-state index in [9.17, 15) is 14.4 Å². The van der Waals surface area contributed by atoms with Gasteiger partial charge in [-0.3, -0.25) is 14.4 Å². The van der Waals surface area contributed by atoms with E-state index in [1.165, 1.54) is 12.0 Å². The summed E-state index contributed by atoms with van der Waals surface area (Å²) in [5.74, 6) is 0.970. The lowest BCUT2D eigenvalue weighted by molar-refractivity contribution is -0.132. The van der Waals surface area contributed by atoms with Crippen LogP contribution in [-0.2, 0) is 9.53 Å². The van der Waals surface area contributed by atoms with E-state index >= 15 is 0 Å². The highest BCUT2D eigenvalue weighted by Gasteiger charge is 2.22. The summed E-state index contributed by atoms with van der Waals surface area (Å²) < 4.78 is 16.8. The Labute approximate surface area is 323 Å². The molecule has 1 saturated heterocycles. The first kappa shape index (κ1) is 42.8. The largest absolute Gasteiger partial charge is 0.496 e. The van der Waals surface area contributed by atoms with Gasteiger partial charge in [0, 0.05) is 58.9 Å². The summed E-state index contributed by atoms with van der Waals surface area (Å²) in [6.45, 7) is 6.99. The Bertz CT molecular complexity index is 1830. The van der Waals surface area contributed by atoms with E-state index < -0.39 is 5.91 Å². The summed E-state index contributed by atoms with van der Waals surface area (Å²) in [6, 6.07) is 16.0. The number of aryl methyl sites for hydroxylation is 1. The number of para-hydroxylation sites is 1. The minimum atomic E-state index is -0.401. The lowest BCUT2D eigenvalue weighted by Crippen LogP contribution is -2.47. The number of aromatic amines is 1. The fourth-order valence-electron chi connectivity index (χ4n) is 5.96. The number of likely N-dealkylation sites (N-methyl/N-ethyl adjacent to an activating group) is 1. The Kier molecular flexibility index (Phi) is 16.7. The first-order valence-electron chi connectivity index (χ1n) is 17.4. The van der Waals surface area contributed by atoms with Crippen molar-refractivity contribution in [3.05, 3.63) is 71.3 Å². The zero-order chi connectivity index (χ0) is 36.3. The topological polar surface area (TPSA) is 141 Å². The summed E-state index contributed by atoms with van der Waals surface area (Å²) in [5.41, 5.74) is 4.15. The van der Waals surface area contributed by atoms with Crippen molar-refractivity contribution in [2.24, 2.45) is 0 Å². The van der Waals surface area contributed by atoms with E-state index in [1.807, 2.05) is 42.2 Å². The van der Waals surface area contributed by atoms with Gasteiger partial charge < -0.3 is 44.5 Å². The van der Waals surface area contributed by atoms with Gasteiger partial charge in [-0.2, -0.15) is 0 Å². The van der Waals surface area contributed by atoms with Gasteiger partial charge in [0.1, 0.15) is 17.0 Å². The van der Waals surface area contributed by atoms with Crippen LogP contribution in [-0.4, -0.2) is 112 Å². The van der Waals surface area contributed by atoms with Crippen LogP contribution < -0.4 is 25.0 Å². The molecular formula is C38H51Cl2N7O6. The van der Waals surface area contributed by atoms with Crippen LogP contribution in [0.3, 0.4) is 0 Å². The van der Waals surface area contributed by atoms with Crippen molar-refractivity contribution in [2.75, 3.05) is 89.8 Å². The van der Waals surface area contributed by atoms with Crippen molar-refractivity contribution in [2.45, 2.75) is 32.6 Å². The van der Waals surface area contributed by atoms with Crippen LogP contribution >= 0.6 is 24.8 Å². The average molecular weight is 773 g/mol. The zero-order valence-electron chi connectivity index (χ0n) is 31.0. The van der Waals surface area contributed by atoms with E-state index in [1.54, 1.807) is 38.4 Å². The molecule has 1 fully saturated rings. The quantitative estimate of drug-likeness (QED) is 0.117. The third-order valence-corrected chi connectivity index (χ3v) is 8.98. The number of piperazine rings is 1. The molecule has 0 atom stereocenters. The van der Waals surface area contributed by atoms with E-state index in [-0.39, 0.29) is 47.9 Å². The number of hydrogen-bond donors (Lipinski definition) is 3. The molecule has 5 rings (SSSR count). The number of anilines is 3. The predicted molar refractivity (Wildman–Crippen MR) is 214 cm³/mol. The third kappa shape index (κ3) is 11.2. The van der Waals surface area contributed by atoms with E-state index in [4.69, 9.17) is 14.2 Å². The first-order chi connectivity index (χ1) is 24.7. The van der Waals surface area contributed by atoms with Crippen LogP contribution in [0.15, 0.2) is 54.6 Å². The van der Waals surface area contributed by atoms with Crippen LogP contribution in [0.1, 0.15) is 52.0 Å². The smallest absolute Gasteiger partial charge is 0.259 e. The highest BCUT2D eigenvalue weighted by atomic mass is 35.5. The summed E-state index contributed by atoms with van der Waals surface area (Å²) in [7, 11) is 6.87. The zero-order valence-corrected chi connectivity index (χ0v) is 32.7. The van der Waals surface area contributed by atoms with Gasteiger partial charge in [0.05, 0.1) is 42.8 Å². The molecule has 3 aromatic carbocycles. The van der Waals surface area contributed by atoms with Gasteiger partial charge in [-0.05, 0) is 81.3 Å². The molecule has 1 aliphatic rings. The van der Waals surface area contributed by atoms with Crippen molar-refractivity contribution < 1.29 is 28.6 Å². The minimum Gasteiger partial charge on any atom is -0.496 e. The number of H-pyrrole nitrogens is 1. The lowest BCUT2D eigenvalue weighted by atomic mass is 10.1. The van der Waals surface area contributed by atoms with E-state index in [2.05, 4.69) is 32.5 Å². The number of fused-ring (bicyclic) bond motifs is 1. The Hall–Kier alpha value is -4.56. The van der Waals surface area contributed by atoms with Crippen molar-refractivity contribution in [1.82, 2.24) is 19.8 Å². The number of carbonyl (C=O) groups excluding carboxylic acids is 3. The maximum Gasteiger partial charge on any atom is 0.259 e. The highest BCUT2D eigenvalue weighted by Crippen LogP contribution is 2.32. The lowest BCUT2D eigenvalue weighted by Gasteiger charge is -2.32. The molecule has 0 bridgehead atoms. The fraction of sp³-hybridized carbons (Fsp3) is 0.421. The predicted octanol–water partition coefficient (Wildman–Crippen LogP) is 6.02. The Morgan fingerprint density at radius 1 is 0.925 bits per heavy atom. The van der Waals surface area contributed by atoms with Gasteiger partial charge in [0.2, 0.25) is 11.9 Å². The number of aromatic nitrogens is 2. The number of imidazole rings is 1. The minimum absolute atomic E-state index is 0. The van der Waals surface area contributed by atoms with Gasteiger partial charge in [0.15, 0.2) is 0 Å². The van der Waals surface area contributed by atoms with Gasteiger partial charge >= 0.3 is 0 Å². The number of methoxy groups -OCH3 is 2. The maximum atomic E-state index is 13.7. The molecule has 0 spiro atoms. The highest BCUT2D eigenvalue weighted by molar-refractivity contribution is 6.11. The number of halogens is 2. The summed E-state index contributed by atoms with van der Waals surface area (Å²) in [4.78, 5) is 53.3. The molecule has 0 saturated carbocycles. The second-order valence-electron chi connectivity index (χ2n) is 12.8. The number of amides is 3. The number of rotatable bonds is 16. The molecular weight excluding hydrogens is 721 g/mol. The normalized spacial score (nSPS) is 12.7. The van der Waals surface area contributed by atoms with Gasteiger partial charge in [-0.1, -0.05) is 12.1 Å². The maximum absolute atomic E-state index is 13.7. The fourth-order valence-corrected chi connectivity index (χ4v) is 5.96. The van der Waals surface area contributed by atoms with Crippen LogP contribution in [0.2, 0.25) is 0 Å². The molecule has 53 heavy (non-hydrogen) atoms. The van der Waals surface area contributed by atoms with Gasteiger partial charge in [-0.15, -0.1) is 24.8 Å². The van der Waals surface area contributed by atoms with Crippen LogP contribution in [0, 0.1) is 6.92 Å². The molecule has 15 heteroatoms. The van der Waals surface area contributed by atoms with Crippen molar-refractivity contribution in [3.8, 4) is 11.5 Å². The number of nitrogens with zero attached hydrogens (tertiary/aromatic N) is 4. The van der Waals surface area contributed by atoms with E-state index in [0.717, 1.165) is 56.5 Å². The molecule has 0 radical (unpaired) electrons. The standard InChI is InChI=1S/C38H49N7O6.2ClH/c1-26-13-16-31(33(24-26)51-22-8-6-7-12-34(46)45-20-18-43(2)19-21-45)44(3)37(48)27-14-15-28(32(25-27)50-5)36(47)40-29-10-9-11-30-35(29)42-38(41-30)39-17-23-49-4;;/h9-11,13-16,24-25H,6-8,12,17-23H2,1-5H3,(H,40,47)(H2,39,41,42);2*1H. The molecule has 288 valence electrons.